The highest BCUT2D eigenvalue weighted by Crippen LogP contribution is 2.27. The average molecular weight is 373 g/mol. The third-order valence-electron chi connectivity index (χ3n) is 4.50. The molecule has 2 aromatic rings. The van der Waals surface area contributed by atoms with E-state index in [1.165, 1.54) is 10.6 Å². The van der Waals surface area contributed by atoms with Crippen LogP contribution in [0.2, 0.25) is 0 Å². The first-order valence-electron chi connectivity index (χ1n) is 8.56. The molecule has 0 bridgehead atoms. The van der Waals surface area contributed by atoms with Crippen LogP contribution in [0.25, 0.3) is 11.1 Å². The molecule has 0 radical (unpaired) electrons. The Bertz CT molecular complexity index is 861. The Morgan fingerprint density at radius 1 is 0.962 bits per heavy atom. The molecular weight excluding hydrogens is 350 g/mol. The average Bonchev–Trinajstić information content (AvgIpc) is 2.66. The summed E-state index contributed by atoms with van der Waals surface area (Å²) < 4.78 is 24.5. The maximum absolute atomic E-state index is 12.5. The quantitative estimate of drug-likeness (QED) is 0.869. The third kappa shape index (κ3) is 4.42. The van der Waals surface area contributed by atoms with Gasteiger partial charge in [-0.05, 0) is 11.6 Å². The topological polar surface area (TPSA) is 69.7 Å². The Labute approximate surface area is 154 Å². The number of nitrogens with zero attached hydrogens (tertiary/aromatic N) is 2. The van der Waals surface area contributed by atoms with Crippen LogP contribution < -0.4 is 5.32 Å². The molecule has 138 valence electrons. The molecule has 0 aromatic heterocycles. The second kappa shape index (κ2) is 7.88. The van der Waals surface area contributed by atoms with E-state index < -0.39 is 10.0 Å². The van der Waals surface area contributed by atoms with E-state index in [9.17, 15) is 13.2 Å². The first kappa shape index (κ1) is 18.4. The summed E-state index contributed by atoms with van der Waals surface area (Å²) in [5, 5.41) is 3.23. The van der Waals surface area contributed by atoms with Crippen molar-refractivity contribution in [3.05, 3.63) is 54.6 Å². The molecule has 1 fully saturated rings. The van der Waals surface area contributed by atoms with Crippen molar-refractivity contribution in [1.82, 2.24) is 9.21 Å². The van der Waals surface area contributed by atoms with Crippen LogP contribution >= 0.6 is 0 Å². The van der Waals surface area contributed by atoms with Crippen LogP contribution in [-0.2, 0) is 14.8 Å². The summed E-state index contributed by atoms with van der Waals surface area (Å²) in [5.41, 5.74) is 3.04. The lowest BCUT2D eigenvalue weighted by molar-refractivity contribution is -0.130. The van der Waals surface area contributed by atoms with Crippen molar-refractivity contribution in [2.75, 3.05) is 44.3 Å². The molecule has 1 aliphatic rings. The Balaban J connectivity index is 1.61. The molecule has 2 aromatic carbocycles. The minimum Gasteiger partial charge on any atom is -0.376 e. The molecule has 0 atom stereocenters. The molecule has 1 N–H and O–H groups in total. The standard InChI is InChI=1S/C19H23N3O3S/c1-26(24,25)22-13-11-21(12-14-22)19(23)15-20-18-10-6-5-9-17(18)16-7-3-2-4-8-16/h2-10,20H,11-15H2,1H3. The van der Waals surface area contributed by atoms with E-state index in [4.69, 9.17) is 0 Å². The molecule has 0 unspecified atom stereocenters. The first-order chi connectivity index (χ1) is 12.4. The molecule has 7 heteroatoms. The van der Waals surface area contributed by atoms with E-state index in [0.717, 1.165) is 16.8 Å². The van der Waals surface area contributed by atoms with E-state index in [-0.39, 0.29) is 12.5 Å². The van der Waals surface area contributed by atoms with E-state index in [1.807, 2.05) is 54.6 Å². The SMILES string of the molecule is CS(=O)(=O)N1CCN(C(=O)CNc2ccccc2-c2ccccc2)CC1. The van der Waals surface area contributed by atoms with Gasteiger partial charge < -0.3 is 10.2 Å². The number of amides is 1. The zero-order chi connectivity index (χ0) is 18.6. The zero-order valence-corrected chi connectivity index (χ0v) is 15.6. The second-order valence-corrected chi connectivity index (χ2v) is 8.29. The highest BCUT2D eigenvalue weighted by atomic mass is 32.2. The maximum atomic E-state index is 12.5. The van der Waals surface area contributed by atoms with Gasteiger partial charge in [-0.2, -0.15) is 4.31 Å². The second-order valence-electron chi connectivity index (χ2n) is 6.31. The number of piperazine rings is 1. The Hall–Kier alpha value is -2.38. The maximum Gasteiger partial charge on any atom is 0.241 e. The minimum atomic E-state index is -3.19. The highest BCUT2D eigenvalue weighted by molar-refractivity contribution is 7.88. The van der Waals surface area contributed by atoms with Crippen LogP contribution in [-0.4, -0.2) is 62.5 Å². The van der Waals surface area contributed by atoms with Gasteiger partial charge in [-0.25, -0.2) is 8.42 Å². The number of carbonyl (C=O) groups is 1. The van der Waals surface area contributed by atoms with Gasteiger partial charge in [-0.15, -0.1) is 0 Å². The van der Waals surface area contributed by atoms with Gasteiger partial charge in [0.2, 0.25) is 15.9 Å². The molecular formula is C19H23N3O3S. The number of benzene rings is 2. The van der Waals surface area contributed by atoms with Crippen LogP contribution in [0, 0.1) is 0 Å². The van der Waals surface area contributed by atoms with Crippen molar-refractivity contribution in [3.8, 4) is 11.1 Å². The largest absolute Gasteiger partial charge is 0.376 e. The molecule has 1 heterocycles. The normalized spacial score (nSPS) is 15.7. The molecule has 3 rings (SSSR count). The zero-order valence-electron chi connectivity index (χ0n) is 14.8. The number of nitrogens with one attached hydrogen (secondary N) is 1. The fraction of sp³-hybridized carbons (Fsp3) is 0.316. The smallest absolute Gasteiger partial charge is 0.241 e. The van der Waals surface area contributed by atoms with Crippen LogP contribution in [0.3, 0.4) is 0 Å². The molecule has 6 nitrogen and oxygen atoms in total. The number of hydrogen-bond donors (Lipinski definition) is 1. The molecule has 0 saturated carbocycles. The third-order valence-corrected chi connectivity index (χ3v) is 5.81. The summed E-state index contributed by atoms with van der Waals surface area (Å²) in [7, 11) is -3.19. The molecule has 1 aliphatic heterocycles. The van der Waals surface area contributed by atoms with Crippen LogP contribution in [0.5, 0.6) is 0 Å². The predicted octanol–water partition coefficient (Wildman–Crippen LogP) is 1.87. The molecule has 0 spiro atoms. The van der Waals surface area contributed by atoms with Crippen molar-refractivity contribution >= 4 is 21.6 Å². The fourth-order valence-electron chi connectivity index (χ4n) is 3.06. The number of rotatable bonds is 5. The van der Waals surface area contributed by atoms with Crippen molar-refractivity contribution in [1.29, 1.82) is 0 Å². The summed E-state index contributed by atoms with van der Waals surface area (Å²) in [6.07, 6.45) is 1.20. The highest BCUT2D eigenvalue weighted by Gasteiger charge is 2.25. The molecule has 1 amide bonds. The van der Waals surface area contributed by atoms with E-state index in [0.29, 0.717) is 26.2 Å². The lowest BCUT2D eigenvalue weighted by Gasteiger charge is -2.33. The van der Waals surface area contributed by atoms with Gasteiger partial charge in [-0.1, -0.05) is 48.5 Å². The van der Waals surface area contributed by atoms with Crippen molar-refractivity contribution in [2.45, 2.75) is 0 Å². The van der Waals surface area contributed by atoms with Gasteiger partial charge in [0.1, 0.15) is 0 Å². The monoisotopic (exact) mass is 373 g/mol. The first-order valence-corrected chi connectivity index (χ1v) is 10.4. The van der Waals surface area contributed by atoms with Crippen molar-refractivity contribution < 1.29 is 13.2 Å². The number of para-hydroxylation sites is 1. The summed E-state index contributed by atoms with van der Waals surface area (Å²) in [6, 6.07) is 17.9. The lowest BCUT2D eigenvalue weighted by atomic mass is 10.0. The Morgan fingerprint density at radius 3 is 2.23 bits per heavy atom. The minimum absolute atomic E-state index is 0.0268. The summed E-state index contributed by atoms with van der Waals surface area (Å²) in [4.78, 5) is 14.2. The molecule has 0 aliphatic carbocycles. The predicted molar refractivity (Wildman–Crippen MR) is 103 cm³/mol. The number of hydrogen-bond acceptors (Lipinski definition) is 4. The Kier molecular flexibility index (Phi) is 5.58. The number of sulfonamides is 1. The van der Waals surface area contributed by atoms with Crippen molar-refractivity contribution in [3.63, 3.8) is 0 Å². The van der Waals surface area contributed by atoms with Gasteiger partial charge in [0.05, 0.1) is 12.8 Å². The molecule has 26 heavy (non-hydrogen) atoms. The van der Waals surface area contributed by atoms with Gasteiger partial charge in [0, 0.05) is 37.4 Å². The fourth-order valence-corrected chi connectivity index (χ4v) is 3.89. The summed E-state index contributed by atoms with van der Waals surface area (Å²) in [5.74, 6) is -0.0268. The van der Waals surface area contributed by atoms with Crippen LogP contribution in [0.15, 0.2) is 54.6 Å². The number of carbonyl (C=O) groups excluding carboxylic acids is 1. The summed E-state index contributed by atoms with van der Waals surface area (Å²) in [6.45, 7) is 1.74. The van der Waals surface area contributed by atoms with Gasteiger partial charge in [0.15, 0.2) is 0 Å². The number of anilines is 1. The molecule has 1 saturated heterocycles. The van der Waals surface area contributed by atoms with E-state index in [1.54, 1.807) is 4.90 Å². The van der Waals surface area contributed by atoms with Gasteiger partial charge in [0.25, 0.3) is 0 Å². The van der Waals surface area contributed by atoms with Crippen LogP contribution in [0.4, 0.5) is 5.69 Å². The van der Waals surface area contributed by atoms with Gasteiger partial charge in [-0.3, -0.25) is 4.79 Å². The van der Waals surface area contributed by atoms with Crippen LogP contribution in [0.1, 0.15) is 0 Å². The lowest BCUT2D eigenvalue weighted by Crippen LogP contribution is -2.51. The van der Waals surface area contributed by atoms with E-state index in [2.05, 4.69) is 5.32 Å². The van der Waals surface area contributed by atoms with E-state index >= 15 is 0 Å². The van der Waals surface area contributed by atoms with Crippen molar-refractivity contribution in [2.24, 2.45) is 0 Å². The summed E-state index contributed by atoms with van der Waals surface area (Å²) >= 11 is 0. The Morgan fingerprint density at radius 2 is 1.58 bits per heavy atom. The van der Waals surface area contributed by atoms with Gasteiger partial charge >= 0.3 is 0 Å².